The van der Waals surface area contributed by atoms with Crippen LogP contribution < -0.4 is 14.8 Å². The monoisotopic (exact) mass is 386 g/mol. The number of nitrogens with one attached hydrogen (secondary N) is 1. The van der Waals surface area contributed by atoms with Gasteiger partial charge in [-0.05, 0) is 41.5 Å². The molecular weight excluding hydrogens is 367 g/mol. The largest absolute Gasteiger partial charge is 0.493 e. The van der Waals surface area contributed by atoms with Gasteiger partial charge < -0.3 is 14.8 Å². The number of aromatic nitrogens is 1. The molecular formula is C21H20ClFN2O2. The molecule has 3 aromatic rings. The van der Waals surface area contributed by atoms with E-state index in [0.717, 1.165) is 16.8 Å². The van der Waals surface area contributed by atoms with Crippen molar-refractivity contribution in [2.75, 3.05) is 7.11 Å². The Labute approximate surface area is 162 Å². The molecule has 2 aromatic carbocycles. The van der Waals surface area contributed by atoms with Gasteiger partial charge in [0.25, 0.3) is 0 Å². The lowest BCUT2D eigenvalue weighted by molar-refractivity contribution is 0.284. The molecule has 4 nitrogen and oxygen atoms in total. The van der Waals surface area contributed by atoms with Crippen molar-refractivity contribution in [1.29, 1.82) is 0 Å². The summed E-state index contributed by atoms with van der Waals surface area (Å²) in [5.74, 6) is 0.860. The van der Waals surface area contributed by atoms with E-state index in [1.54, 1.807) is 31.5 Å². The van der Waals surface area contributed by atoms with Gasteiger partial charge in [-0.3, -0.25) is 4.98 Å². The molecule has 0 atom stereocenters. The van der Waals surface area contributed by atoms with Gasteiger partial charge in [0.15, 0.2) is 11.5 Å². The molecule has 1 heterocycles. The number of nitrogens with zero attached hydrogens (tertiary/aromatic N) is 1. The van der Waals surface area contributed by atoms with Crippen LogP contribution in [0.1, 0.15) is 16.8 Å². The van der Waals surface area contributed by atoms with E-state index >= 15 is 0 Å². The number of methoxy groups -OCH3 is 1. The summed E-state index contributed by atoms with van der Waals surface area (Å²) in [7, 11) is 1.58. The highest BCUT2D eigenvalue weighted by Crippen LogP contribution is 2.34. The van der Waals surface area contributed by atoms with E-state index in [4.69, 9.17) is 21.1 Å². The van der Waals surface area contributed by atoms with E-state index in [1.165, 1.54) is 12.1 Å². The molecule has 27 heavy (non-hydrogen) atoms. The predicted molar refractivity (Wildman–Crippen MR) is 104 cm³/mol. The Hall–Kier alpha value is -2.63. The molecule has 0 bridgehead atoms. The second kappa shape index (κ2) is 9.35. The first-order chi connectivity index (χ1) is 13.2. The molecule has 0 unspecified atom stereocenters. The molecule has 0 saturated carbocycles. The lowest BCUT2D eigenvalue weighted by atomic mass is 10.2. The Bertz CT molecular complexity index is 873. The standard InChI is InChI=1S/C21H20ClFN2O2/c1-26-20-10-16(12-24-13-18-4-2-3-9-25-18)19(22)11-21(20)27-14-15-5-7-17(23)8-6-15/h2-11,24H,12-14H2,1H3. The van der Waals surface area contributed by atoms with Crippen molar-refractivity contribution < 1.29 is 13.9 Å². The predicted octanol–water partition coefficient (Wildman–Crippen LogP) is 4.75. The van der Waals surface area contributed by atoms with Crippen LogP contribution in [-0.2, 0) is 19.7 Å². The average molecular weight is 387 g/mol. The quantitative estimate of drug-likeness (QED) is 0.606. The Kier molecular flexibility index (Phi) is 6.63. The Morgan fingerprint density at radius 3 is 2.56 bits per heavy atom. The molecule has 6 heteroatoms. The molecule has 1 N–H and O–H groups in total. The van der Waals surface area contributed by atoms with Gasteiger partial charge >= 0.3 is 0 Å². The summed E-state index contributed by atoms with van der Waals surface area (Å²) in [6.45, 7) is 1.51. The van der Waals surface area contributed by atoms with E-state index in [0.29, 0.717) is 36.2 Å². The van der Waals surface area contributed by atoms with E-state index in [9.17, 15) is 4.39 Å². The fraction of sp³-hybridized carbons (Fsp3) is 0.190. The van der Waals surface area contributed by atoms with Crippen molar-refractivity contribution in [3.8, 4) is 11.5 Å². The van der Waals surface area contributed by atoms with E-state index in [1.807, 2.05) is 24.3 Å². The highest BCUT2D eigenvalue weighted by molar-refractivity contribution is 6.31. The van der Waals surface area contributed by atoms with Gasteiger partial charge in [0.05, 0.1) is 12.8 Å². The molecule has 1 aromatic heterocycles. The number of halogens is 2. The summed E-state index contributed by atoms with van der Waals surface area (Å²) in [5, 5.41) is 3.90. The van der Waals surface area contributed by atoms with Gasteiger partial charge in [0.2, 0.25) is 0 Å². The maximum Gasteiger partial charge on any atom is 0.163 e. The number of hydrogen-bond donors (Lipinski definition) is 1. The summed E-state index contributed by atoms with van der Waals surface area (Å²) in [6.07, 6.45) is 1.76. The molecule has 0 aliphatic rings. The SMILES string of the molecule is COc1cc(CNCc2ccccn2)c(Cl)cc1OCc1ccc(F)cc1. The highest BCUT2D eigenvalue weighted by atomic mass is 35.5. The number of benzene rings is 2. The first-order valence-electron chi connectivity index (χ1n) is 8.50. The van der Waals surface area contributed by atoms with Gasteiger partial charge in [-0.25, -0.2) is 4.39 Å². The maximum atomic E-state index is 13.0. The van der Waals surface area contributed by atoms with Crippen LogP contribution in [0.2, 0.25) is 5.02 Å². The fourth-order valence-corrected chi connectivity index (χ4v) is 2.78. The van der Waals surface area contributed by atoms with Crippen LogP contribution in [0.25, 0.3) is 0 Å². The van der Waals surface area contributed by atoms with Crippen molar-refractivity contribution in [3.05, 3.63) is 88.5 Å². The zero-order chi connectivity index (χ0) is 19.1. The Morgan fingerprint density at radius 2 is 1.85 bits per heavy atom. The molecule has 3 rings (SSSR count). The molecule has 0 amide bonds. The summed E-state index contributed by atoms with van der Waals surface area (Å²) < 4.78 is 24.2. The number of hydrogen-bond acceptors (Lipinski definition) is 4. The Morgan fingerprint density at radius 1 is 1.04 bits per heavy atom. The summed E-state index contributed by atoms with van der Waals surface area (Å²) in [6, 6.07) is 15.6. The number of ether oxygens (including phenoxy) is 2. The lowest BCUT2D eigenvalue weighted by Gasteiger charge is -2.14. The van der Waals surface area contributed by atoms with Gasteiger partial charge in [-0.15, -0.1) is 0 Å². The van der Waals surface area contributed by atoms with Crippen LogP contribution in [-0.4, -0.2) is 12.1 Å². The van der Waals surface area contributed by atoms with Crippen molar-refractivity contribution in [3.63, 3.8) is 0 Å². The first-order valence-corrected chi connectivity index (χ1v) is 8.88. The first kappa shape index (κ1) is 19.1. The van der Waals surface area contributed by atoms with Gasteiger partial charge in [-0.2, -0.15) is 0 Å². The topological polar surface area (TPSA) is 43.4 Å². The smallest absolute Gasteiger partial charge is 0.163 e. The van der Waals surface area contributed by atoms with Crippen LogP contribution in [0.5, 0.6) is 11.5 Å². The van der Waals surface area contributed by atoms with E-state index in [2.05, 4.69) is 10.3 Å². The minimum absolute atomic E-state index is 0.276. The van der Waals surface area contributed by atoms with E-state index < -0.39 is 0 Å². The van der Waals surface area contributed by atoms with Crippen molar-refractivity contribution in [2.45, 2.75) is 19.7 Å². The second-order valence-corrected chi connectivity index (χ2v) is 6.34. The van der Waals surface area contributed by atoms with Crippen molar-refractivity contribution in [1.82, 2.24) is 10.3 Å². The van der Waals surface area contributed by atoms with Crippen LogP contribution in [0, 0.1) is 5.82 Å². The summed E-state index contributed by atoms with van der Waals surface area (Å²) in [4.78, 5) is 4.28. The fourth-order valence-electron chi connectivity index (χ4n) is 2.55. The van der Waals surface area contributed by atoms with Crippen LogP contribution in [0.4, 0.5) is 4.39 Å². The normalized spacial score (nSPS) is 10.6. The maximum absolute atomic E-state index is 13.0. The number of rotatable bonds is 8. The number of pyridine rings is 1. The minimum Gasteiger partial charge on any atom is -0.493 e. The molecule has 0 aliphatic carbocycles. The van der Waals surface area contributed by atoms with E-state index in [-0.39, 0.29) is 5.82 Å². The molecule has 140 valence electrons. The minimum atomic E-state index is -0.276. The third-order valence-corrected chi connectivity index (χ3v) is 4.34. The highest BCUT2D eigenvalue weighted by Gasteiger charge is 2.11. The van der Waals surface area contributed by atoms with Gasteiger partial charge in [0, 0.05) is 30.4 Å². The van der Waals surface area contributed by atoms with Gasteiger partial charge in [0.1, 0.15) is 12.4 Å². The van der Waals surface area contributed by atoms with Crippen molar-refractivity contribution in [2.24, 2.45) is 0 Å². The van der Waals surface area contributed by atoms with Crippen LogP contribution in [0.15, 0.2) is 60.8 Å². The summed E-state index contributed by atoms with van der Waals surface area (Å²) >= 11 is 6.40. The molecule has 0 aliphatic heterocycles. The second-order valence-electron chi connectivity index (χ2n) is 5.93. The molecule has 0 radical (unpaired) electrons. The van der Waals surface area contributed by atoms with Crippen molar-refractivity contribution >= 4 is 11.6 Å². The third kappa shape index (κ3) is 5.42. The molecule has 0 fully saturated rings. The van der Waals surface area contributed by atoms with Gasteiger partial charge in [-0.1, -0.05) is 29.8 Å². The summed E-state index contributed by atoms with van der Waals surface area (Å²) in [5.41, 5.74) is 2.72. The molecule has 0 spiro atoms. The Balaban J connectivity index is 1.64. The van der Waals surface area contributed by atoms with Crippen LogP contribution >= 0.6 is 11.6 Å². The average Bonchev–Trinajstić information content (AvgIpc) is 2.69. The third-order valence-electron chi connectivity index (χ3n) is 3.99. The molecule has 0 saturated heterocycles. The zero-order valence-corrected chi connectivity index (χ0v) is 15.7. The lowest BCUT2D eigenvalue weighted by Crippen LogP contribution is -2.14. The van der Waals surface area contributed by atoms with Crippen LogP contribution in [0.3, 0.4) is 0 Å². The zero-order valence-electron chi connectivity index (χ0n) is 14.9.